The van der Waals surface area contributed by atoms with Crippen LogP contribution in [0.5, 0.6) is 11.8 Å². The lowest BCUT2D eigenvalue weighted by Crippen LogP contribution is -2.16. The molecule has 0 saturated carbocycles. The van der Waals surface area contributed by atoms with Gasteiger partial charge < -0.3 is 10.2 Å². The Kier molecular flexibility index (Phi) is 4.12. The highest BCUT2D eigenvalue weighted by atomic mass is 35.5. The minimum atomic E-state index is 0.0291. The first-order chi connectivity index (χ1) is 12.0. The third kappa shape index (κ3) is 2.97. The number of aromatic nitrogens is 1. The molecule has 25 heavy (non-hydrogen) atoms. The van der Waals surface area contributed by atoms with Gasteiger partial charge in [0.05, 0.1) is 5.69 Å². The van der Waals surface area contributed by atoms with Crippen LogP contribution < -0.4 is 0 Å². The van der Waals surface area contributed by atoms with E-state index in [1.807, 2.05) is 18.2 Å². The van der Waals surface area contributed by atoms with Gasteiger partial charge in [0.2, 0.25) is 11.8 Å². The van der Waals surface area contributed by atoms with Gasteiger partial charge in [0.25, 0.3) is 0 Å². The Balaban J connectivity index is 1.65. The first kappa shape index (κ1) is 16.3. The molecule has 0 saturated heterocycles. The molecule has 0 aliphatic carbocycles. The fraction of sp³-hybridized carbons (Fsp3) is 0.158. The molecule has 0 bridgehead atoms. The quantitative estimate of drug-likeness (QED) is 0.697. The predicted molar refractivity (Wildman–Crippen MR) is 98.5 cm³/mol. The Labute approximate surface area is 155 Å². The Hall–Kier alpha value is -2.14. The van der Waals surface area contributed by atoms with Crippen LogP contribution in [0, 0.1) is 0 Å². The van der Waals surface area contributed by atoms with Crippen molar-refractivity contribution < 1.29 is 10.2 Å². The van der Waals surface area contributed by atoms with Crippen LogP contribution in [0.15, 0.2) is 48.5 Å². The highest BCUT2D eigenvalue weighted by Gasteiger charge is 2.31. The third-order valence-electron chi connectivity index (χ3n) is 4.45. The van der Waals surface area contributed by atoms with E-state index >= 15 is 0 Å². The Bertz CT molecular complexity index is 889. The van der Waals surface area contributed by atoms with Crippen molar-refractivity contribution in [3.63, 3.8) is 0 Å². The van der Waals surface area contributed by atoms with Crippen LogP contribution in [0.2, 0.25) is 10.0 Å². The van der Waals surface area contributed by atoms with E-state index in [1.165, 1.54) is 10.1 Å². The summed E-state index contributed by atoms with van der Waals surface area (Å²) in [5.74, 6) is 0.0581. The van der Waals surface area contributed by atoms with Crippen molar-refractivity contribution in [2.24, 2.45) is 0 Å². The second kappa shape index (κ2) is 6.30. The fourth-order valence-corrected chi connectivity index (χ4v) is 3.86. The van der Waals surface area contributed by atoms with Crippen LogP contribution in [-0.4, -0.2) is 19.7 Å². The summed E-state index contributed by atoms with van der Waals surface area (Å²) in [7, 11) is 0. The molecule has 0 unspecified atom stereocenters. The van der Waals surface area contributed by atoms with E-state index in [0.717, 1.165) is 17.7 Å². The number of nitrogens with zero attached hydrogens (tertiary/aromatic N) is 2. The number of rotatable bonds is 3. The maximum atomic E-state index is 10.6. The normalized spacial score (nSPS) is 14.0. The molecule has 0 amide bonds. The molecule has 0 radical (unpaired) electrons. The summed E-state index contributed by atoms with van der Waals surface area (Å²) in [5, 5.41) is 22.2. The SMILES string of the molecule is Oc1c2c(c(O)n1-c1cc(Cl)cc(Cl)c1)CN(Cc1ccccc1)C2. The van der Waals surface area contributed by atoms with Gasteiger partial charge in [-0.2, -0.15) is 0 Å². The first-order valence-corrected chi connectivity index (χ1v) is 8.65. The number of aromatic hydroxyl groups is 2. The second-order valence-electron chi connectivity index (χ2n) is 6.20. The van der Waals surface area contributed by atoms with E-state index in [-0.39, 0.29) is 11.8 Å². The lowest BCUT2D eigenvalue weighted by atomic mass is 10.2. The Morgan fingerprint density at radius 1 is 0.840 bits per heavy atom. The smallest absolute Gasteiger partial charge is 0.203 e. The predicted octanol–water partition coefficient (Wildman–Crippen LogP) is 4.71. The van der Waals surface area contributed by atoms with Crippen molar-refractivity contribution in [3.05, 3.63) is 75.3 Å². The van der Waals surface area contributed by atoms with Gasteiger partial charge in [-0.1, -0.05) is 53.5 Å². The summed E-state index contributed by atoms with van der Waals surface area (Å²) in [6.45, 7) is 1.91. The summed E-state index contributed by atoms with van der Waals surface area (Å²) < 4.78 is 1.39. The molecule has 3 aromatic rings. The number of benzene rings is 2. The monoisotopic (exact) mass is 374 g/mol. The van der Waals surface area contributed by atoms with Gasteiger partial charge in [0.15, 0.2) is 0 Å². The molecule has 1 aliphatic heterocycles. The Morgan fingerprint density at radius 2 is 1.40 bits per heavy atom. The molecule has 1 aliphatic rings. The zero-order chi connectivity index (χ0) is 17.6. The van der Waals surface area contributed by atoms with Crippen LogP contribution in [0.4, 0.5) is 0 Å². The van der Waals surface area contributed by atoms with Crippen molar-refractivity contribution in [2.45, 2.75) is 19.6 Å². The average molecular weight is 375 g/mol. The van der Waals surface area contributed by atoms with Crippen LogP contribution in [0.3, 0.4) is 0 Å². The van der Waals surface area contributed by atoms with Crippen molar-refractivity contribution in [1.82, 2.24) is 9.47 Å². The highest BCUT2D eigenvalue weighted by molar-refractivity contribution is 6.34. The topological polar surface area (TPSA) is 48.6 Å². The molecule has 128 valence electrons. The van der Waals surface area contributed by atoms with E-state index in [0.29, 0.717) is 28.8 Å². The lowest BCUT2D eigenvalue weighted by molar-refractivity contribution is 0.266. The molecule has 2 N–H and O–H groups in total. The molecule has 0 atom stereocenters. The molecule has 0 fully saturated rings. The lowest BCUT2D eigenvalue weighted by Gasteiger charge is -2.17. The third-order valence-corrected chi connectivity index (χ3v) is 4.88. The zero-order valence-electron chi connectivity index (χ0n) is 13.3. The van der Waals surface area contributed by atoms with Gasteiger partial charge in [-0.15, -0.1) is 0 Å². The summed E-state index contributed by atoms with van der Waals surface area (Å²) >= 11 is 12.1. The fourth-order valence-electron chi connectivity index (χ4n) is 3.34. The second-order valence-corrected chi connectivity index (χ2v) is 7.07. The van der Waals surface area contributed by atoms with E-state index in [9.17, 15) is 10.2 Å². The minimum Gasteiger partial charge on any atom is -0.494 e. The Morgan fingerprint density at radius 3 is 1.96 bits per heavy atom. The van der Waals surface area contributed by atoms with E-state index < -0.39 is 0 Å². The number of hydrogen-bond acceptors (Lipinski definition) is 3. The van der Waals surface area contributed by atoms with Gasteiger partial charge in [-0.05, 0) is 23.8 Å². The zero-order valence-corrected chi connectivity index (χ0v) is 14.8. The van der Waals surface area contributed by atoms with Crippen LogP contribution in [0.25, 0.3) is 5.69 Å². The van der Waals surface area contributed by atoms with Gasteiger partial charge in [-0.25, -0.2) is 0 Å². The molecule has 4 nitrogen and oxygen atoms in total. The van der Waals surface area contributed by atoms with Crippen LogP contribution >= 0.6 is 23.2 Å². The van der Waals surface area contributed by atoms with Crippen molar-refractivity contribution >= 4 is 23.2 Å². The van der Waals surface area contributed by atoms with Crippen LogP contribution in [-0.2, 0) is 19.6 Å². The van der Waals surface area contributed by atoms with E-state index in [4.69, 9.17) is 23.2 Å². The van der Waals surface area contributed by atoms with Crippen molar-refractivity contribution in [2.75, 3.05) is 0 Å². The molecular weight excluding hydrogens is 359 g/mol. The van der Waals surface area contributed by atoms with Crippen molar-refractivity contribution in [3.8, 4) is 17.4 Å². The number of halogens is 2. The maximum absolute atomic E-state index is 10.6. The summed E-state index contributed by atoms with van der Waals surface area (Å²) in [6, 6.07) is 15.0. The number of fused-ring (bicyclic) bond motifs is 1. The standard InChI is InChI=1S/C19H16Cl2N2O2/c20-13-6-14(21)8-15(7-13)23-18(24)16-10-22(11-17(16)19(23)25)9-12-4-2-1-3-5-12/h1-8,24-25H,9-11H2. The van der Waals surface area contributed by atoms with E-state index in [1.54, 1.807) is 18.2 Å². The maximum Gasteiger partial charge on any atom is 0.203 e. The first-order valence-electron chi connectivity index (χ1n) is 7.90. The largest absolute Gasteiger partial charge is 0.494 e. The highest BCUT2D eigenvalue weighted by Crippen LogP contribution is 2.42. The van der Waals surface area contributed by atoms with Gasteiger partial charge >= 0.3 is 0 Å². The summed E-state index contributed by atoms with van der Waals surface area (Å²) in [5.41, 5.74) is 3.21. The summed E-state index contributed by atoms with van der Waals surface area (Å²) in [6.07, 6.45) is 0. The molecule has 6 heteroatoms. The molecule has 2 heterocycles. The summed E-state index contributed by atoms with van der Waals surface area (Å²) in [4.78, 5) is 2.18. The molecular formula is C19H16Cl2N2O2. The van der Waals surface area contributed by atoms with Gasteiger partial charge in [0, 0.05) is 40.8 Å². The minimum absolute atomic E-state index is 0.0291. The van der Waals surface area contributed by atoms with Gasteiger partial charge in [0.1, 0.15) is 0 Å². The molecule has 2 aromatic carbocycles. The van der Waals surface area contributed by atoms with Crippen molar-refractivity contribution in [1.29, 1.82) is 0 Å². The average Bonchev–Trinajstić information content (AvgIpc) is 3.07. The molecule has 1 aromatic heterocycles. The molecule has 0 spiro atoms. The van der Waals surface area contributed by atoms with Crippen LogP contribution in [0.1, 0.15) is 16.7 Å². The van der Waals surface area contributed by atoms with Gasteiger partial charge in [-0.3, -0.25) is 9.47 Å². The number of hydrogen-bond donors (Lipinski definition) is 2. The van der Waals surface area contributed by atoms with E-state index in [2.05, 4.69) is 17.0 Å². The molecule has 4 rings (SSSR count).